The van der Waals surface area contributed by atoms with Crippen molar-refractivity contribution >= 4 is 17.7 Å². The average Bonchev–Trinajstić information content (AvgIpc) is 3.61. The summed E-state index contributed by atoms with van der Waals surface area (Å²) in [7, 11) is 0. The number of carbonyl (C=O) groups is 1. The number of H-pyrrole nitrogens is 1. The molecule has 1 saturated heterocycles. The number of pyridine rings is 1. The van der Waals surface area contributed by atoms with E-state index in [1.54, 1.807) is 36.3 Å². The van der Waals surface area contributed by atoms with E-state index in [4.69, 9.17) is 9.47 Å². The Balaban J connectivity index is 1.18. The first-order chi connectivity index (χ1) is 21.2. The van der Waals surface area contributed by atoms with Crippen LogP contribution in [-0.2, 0) is 22.6 Å². The molecule has 0 spiro atoms. The molecule has 218 valence electrons. The molecule has 10 heteroatoms. The Bertz CT molecular complexity index is 1620. The number of hydrogen-bond acceptors (Lipinski definition) is 8. The highest BCUT2D eigenvalue weighted by atomic mass is 32.2. The number of aliphatic hydroxyl groups excluding tert-OH is 1. The number of aliphatic hydroxyl groups is 1. The molecule has 0 aliphatic carbocycles. The van der Waals surface area contributed by atoms with Crippen molar-refractivity contribution < 1.29 is 19.4 Å². The van der Waals surface area contributed by atoms with Crippen LogP contribution in [0.1, 0.15) is 51.4 Å². The van der Waals surface area contributed by atoms with Crippen molar-refractivity contribution in [2.75, 3.05) is 5.75 Å². The molecule has 9 nitrogen and oxygen atoms in total. The smallest absolute Gasteiger partial charge is 0.253 e. The molecule has 5 aromatic rings. The van der Waals surface area contributed by atoms with Gasteiger partial charge in [-0.05, 0) is 39.9 Å². The zero-order valence-corrected chi connectivity index (χ0v) is 24.1. The molecule has 3 heterocycles. The number of rotatable bonds is 10. The summed E-state index contributed by atoms with van der Waals surface area (Å²) in [5.74, 6) is 0.526. The van der Waals surface area contributed by atoms with Gasteiger partial charge in [-0.3, -0.25) is 14.9 Å². The lowest BCUT2D eigenvalue weighted by molar-refractivity contribution is -0.245. The number of hydrogen-bond donors (Lipinski definition) is 3. The van der Waals surface area contributed by atoms with E-state index in [2.05, 4.69) is 43.7 Å². The minimum absolute atomic E-state index is 0.000339. The van der Waals surface area contributed by atoms with Gasteiger partial charge in [0.2, 0.25) is 0 Å². The first kappa shape index (κ1) is 28.8. The molecule has 0 radical (unpaired) electrons. The second-order valence-electron chi connectivity index (χ2n) is 10.2. The number of benzene rings is 3. The fourth-order valence-electron chi connectivity index (χ4n) is 5.01. The maximum atomic E-state index is 12.6. The molecule has 3 N–H and O–H groups in total. The Morgan fingerprint density at radius 3 is 2.53 bits per heavy atom. The van der Waals surface area contributed by atoms with Gasteiger partial charge in [0.15, 0.2) is 11.4 Å². The van der Waals surface area contributed by atoms with Gasteiger partial charge in [0, 0.05) is 36.7 Å². The molecule has 3 atom stereocenters. The molecule has 3 unspecified atom stereocenters. The lowest BCUT2D eigenvalue weighted by atomic mass is 9.97. The van der Waals surface area contributed by atoms with Crippen molar-refractivity contribution in [2.45, 2.75) is 43.2 Å². The standard InChI is InChI=1S/C33H31N5O4S/c39-19-22-7-9-24(10-8-22)30-16-28(20-43-33-36-21-37-38-33)41-32(42-30)25-13-11-23(12-14-25)29-6-2-1-4-26(29)18-35-31(40)27-5-3-15-34-17-27/h1-15,17,21,28,30,32,39H,16,18-20H2,(H,35,40)(H,36,37,38). The average molecular weight is 594 g/mol. The maximum absolute atomic E-state index is 12.6. The summed E-state index contributed by atoms with van der Waals surface area (Å²) in [6.45, 7) is 0.391. The van der Waals surface area contributed by atoms with Gasteiger partial charge in [0.05, 0.1) is 24.4 Å². The van der Waals surface area contributed by atoms with E-state index in [1.807, 2.05) is 54.6 Å². The van der Waals surface area contributed by atoms with Crippen LogP contribution >= 0.6 is 11.8 Å². The Morgan fingerprint density at radius 1 is 0.977 bits per heavy atom. The molecule has 6 rings (SSSR count). The third-order valence-electron chi connectivity index (χ3n) is 7.29. The lowest BCUT2D eigenvalue weighted by Crippen LogP contribution is -2.31. The third kappa shape index (κ3) is 7.18. The Hall–Kier alpha value is -4.35. The van der Waals surface area contributed by atoms with E-state index in [0.29, 0.717) is 24.3 Å². The Labute approximate surface area is 253 Å². The largest absolute Gasteiger partial charge is 0.392 e. The van der Waals surface area contributed by atoms with Crippen molar-refractivity contribution in [1.29, 1.82) is 0 Å². The quantitative estimate of drug-likeness (QED) is 0.178. The summed E-state index contributed by atoms with van der Waals surface area (Å²) >= 11 is 1.56. The number of aromatic amines is 1. The molecule has 2 aromatic heterocycles. The molecule has 1 aliphatic rings. The lowest BCUT2D eigenvalue weighted by Gasteiger charge is -2.36. The van der Waals surface area contributed by atoms with Crippen LogP contribution in [0.25, 0.3) is 11.1 Å². The van der Waals surface area contributed by atoms with Gasteiger partial charge in [0.25, 0.3) is 5.91 Å². The number of ether oxygens (including phenoxy) is 2. The number of carbonyl (C=O) groups excluding carboxylic acids is 1. The van der Waals surface area contributed by atoms with Crippen molar-refractivity contribution in [3.63, 3.8) is 0 Å². The molecule has 1 fully saturated rings. The Kier molecular flexibility index (Phi) is 9.19. The van der Waals surface area contributed by atoms with Crippen LogP contribution in [0.15, 0.2) is 109 Å². The summed E-state index contributed by atoms with van der Waals surface area (Å²) in [6, 6.07) is 27.6. The van der Waals surface area contributed by atoms with E-state index >= 15 is 0 Å². The Morgan fingerprint density at radius 2 is 1.79 bits per heavy atom. The number of nitrogens with zero attached hydrogens (tertiary/aromatic N) is 3. The zero-order chi connectivity index (χ0) is 29.4. The van der Waals surface area contributed by atoms with Crippen molar-refractivity contribution in [2.24, 2.45) is 0 Å². The summed E-state index contributed by atoms with van der Waals surface area (Å²) in [5.41, 5.74) is 6.41. The topological polar surface area (TPSA) is 122 Å². The zero-order valence-electron chi connectivity index (χ0n) is 23.3. The second-order valence-corrected chi connectivity index (χ2v) is 11.2. The summed E-state index contributed by atoms with van der Waals surface area (Å²) in [4.78, 5) is 20.8. The third-order valence-corrected chi connectivity index (χ3v) is 8.30. The molecular formula is C33H31N5O4S. The highest BCUT2D eigenvalue weighted by Crippen LogP contribution is 2.39. The molecular weight excluding hydrogens is 562 g/mol. The van der Waals surface area contributed by atoms with Crippen LogP contribution < -0.4 is 5.32 Å². The van der Waals surface area contributed by atoms with E-state index in [1.165, 1.54) is 6.33 Å². The molecule has 1 aliphatic heterocycles. The number of thioether (sulfide) groups is 1. The maximum Gasteiger partial charge on any atom is 0.253 e. The molecule has 3 aromatic carbocycles. The first-order valence-corrected chi connectivity index (χ1v) is 15.0. The van der Waals surface area contributed by atoms with Crippen molar-refractivity contribution in [3.8, 4) is 11.1 Å². The van der Waals surface area contributed by atoms with Crippen LogP contribution in [0.4, 0.5) is 0 Å². The van der Waals surface area contributed by atoms with E-state index in [9.17, 15) is 9.90 Å². The summed E-state index contributed by atoms with van der Waals surface area (Å²) in [5, 5.41) is 20.0. The normalized spacial score (nSPS) is 18.3. The fourth-order valence-corrected chi connectivity index (χ4v) is 5.81. The number of amides is 1. The molecule has 43 heavy (non-hydrogen) atoms. The van der Waals surface area contributed by atoms with E-state index in [-0.39, 0.29) is 24.7 Å². The van der Waals surface area contributed by atoms with Gasteiger partial charge in [-0.25, -0.2) is 4.98 Å². The molecule has 0 saturated carbocycles. The van der Waals surface area contributed by atoms with Gasteiger partial charge in [-0.15, -0.1) is 0 Å². The van der Waals surface area contributed by atoms with E-state index in [0.717, 1.165) is 38.5 Å². The van der Waals surface area contributed by atoms with Gasteiger partial charge in [0.1, 0.15) is 6.33 Å². The van der Waals surface area contributed by atoms with Crippen LogP contribution in [0.5, 0.6) is 0 Å². The van der Waals surface area contributed by atoms with Crippen molar-refractivity contribution in [1.82, 2.24) is 25.5 Å². The molecule has 1 amide bonds. The van der Waals surface area contributed by atoms with Crippen LogP contribution in [0, 0.1) is 0 Å². The van der Waals surface area contributed by atoms with Crippen LogP contribution in [0.2, 0.25) is 0 Å². The summed E-state index contributed by atoms with van der Waals surface area (Å²) < 4.78 is 12.9. The van der Waals surface area contributed by atoms with Crippen LogP contribution in [-0.4, -0.2) is 43.0 Å². The fraction of sp³-hybridized carbons (Fsp3) is 0.212. The summed E-state index contributed by atoms with van der Waals surface area (Å²) in [6.07, 6.45) is 4.58. The number of nitrogens with one attached hydrogen (secondary N) is 2. The monoisotopic (exact) mass is 593 g/mol. The first-order valence-electron chi connectivity index (χ1n) is 14.0. The van der Waals surface area contributed by atoms with Gasteiger partial charge >= 0.3 is 0 Å². The van der Waals surface area contributed by atoms with Gasteiger partial charge in [-0.2, -0.15) is 5.10 Å². The number of aromatic nitrogens is 4. The van der Waals surface area contributed by atoms with Gasteiger partial charge < -0.3 is 19.9 Å². The predicted molar refractivity (Wildman–Crippen MR) is 163 cm³/mol. The second kappa shape index (κ2) is 13.7. The van der Waals surface area contributed by atoms with Crippen LogP contribution in [0.3, 0.4) is 0 Å². The molecule has 0 bridgehead atoms. The van der Waals surface area contributed by atoms with Crippen molar-refractivity contribution in [3.05, 3.63) is 131 Å². The van der Waals surface area contributed by atoms with E-state index < -0.39 is 6.29 Å². The minimum atomic E-state index is -0.556. The predicted octanol–water partition coefficient (Wildman–Crippen LogP) is 5.63. The minimum Gasteiger partial charge on any atom is -0.392 e. The van der Waals surface area contributed by atoms with Gasteiger partial charge in [-0.1, -0.05) is 84.6 Å². The SMILES string of the molecule is O=C(NCc1ccccc1-c1ccc(C2OC(CSc3ncn[nH]3)CC(c3ccc(CO)cc3)O2)cc1)c1cccnc1. The highest BCUT2D eigenvalue weighted by molar-refractivity contribution is 7.99. The highest BCUT2D eigenvalue weighted by Gasteiger charge is 2.32.